The third-order valence-electron chi connectivity index (χ3n) is 6.33. The summed E-state index contributed by atoms with van der Waals surface area (Å²) in [5, 5.41) is 0. The fraction of sp³-hybridized carbons (Fsp3) is 0.226. The summed E-state index contributed by atoms with van der Waals surface area (Å²) < 4.78 is 28.1. The number of rotatable bonds is 10. The Labute approximate surface area is 212 Å². The SMILES string of the molecule is COc1cccc(CCc2cccc(Oc3cc(CCc4ccc5c(c4)OCO5)ccc3OC)c2)c1. The predicted molar refractivity (Wildman–Crippen MR) is 140 cm³/mol. The van der Waals surface area contributed by atoms with Crippen LogP contribution in [0.15, 0.2) is 84.9 Å². The van der Waals surface area contributed by atoms with Crippen LogP contribution >= 0.6 is 0 Å². The molecule has 0 spiro atoms. The second-order valence-corrected chi connectivity index (χ2v) is 8.77. The second-order valence-electron chi connectivity index (χ2n) is 8.77. The zero-order chi connectivity index (χ0) is 24.7. The molecule has 0 bridgehead atoms. The number of ether oxygens (including phenoxy) is 5. The van der Waals surface area contributed by atoms with Gasteiger partial charge in [0.15, 0.2) is 23.0 Å². The molecule has 0 saturated heterocycles. The van der Waals surface area contributed by atoms with Crippen molar-refractivity contribution in [2.75, 3.05) is 21.0 Å². The molecule has 0 aliphatic carbocycles. The van der Waals surface area contributed by atoms with Crippen molar-refractivity contribution in [3.8, 4) is 34.5 Å². The minimum absolute atomic E-state index is 0.292. The van der Waals surface area contributed by atoms with E-state index in [2.05, 4.69) is 48.5 Å². The van der Waals surface area contributed by atoms with Crippen LogP contribution in [0.25, 0.3) is 0 Å². The van der Waals surface area contributed by atoms with E-state index in [-0.39, 0.29) is 0 Å². The molecule has 184 valence electrons. The fourth-order valence-electron chi connectivity index (χ4n) is 4.35. The minimum Gasteiger partial charge on any atom is -0.497 e. The average Bonchev–Trinajstić information content (AvgIpc) is 3.39. The van der Waals surface area contributed by atoms with Gasteiger partial charge in [0.05, 0.1) is 14.2 Å². The van der Waals surface area contributed by atoms with Crippen molar-refractivity contribution >= 4 is 0 Å². The molecular formula is C31H30O5. The van der Waals surface area contributed by atoms with Gasteiger partial charge in [-0.25, -0.2) is 0 Å². The van der Waals surface area contributed by atoms with Crippen molar-refractivity contribution in [3.63, 3.8) is 0 Å². The summed E-state index contributed by atoms with van der Waals surface area (Å²) in [5.41, 5.74) is 4.85. The highest BCUT2D eigenvalue weighted by Crippen LogP contribution is 2.35. The maximum Gasteiger partial charge on any atom is 0.231 e. The van der Waals surface area contributed by atoms with E-state index in [0.29, 0.717) is 18.3 Å². The highest BCUT2D eigenvalue weighted by Gasteiger charge is 2.14. The third-order valence-corrected chi connectivity index (χ3v) is 6.33. The molecule has 0 atom stereocenters. The van der Waals surface area contributed by atoms with Gasteiger partial charge in [-0.05, 0) is 96.5 Å². The van der Waals surface area contributed by atoms with Crippen LogP contribution in [0.4, 0.5) is 0 Å². The van der Waals surface area contributed by atoms with Crippen LogP contribution in [-0.2, 0) is 25.7 Å². The van der Waals surface area contributed by atoms with Gasteiger partial charge in [0.1, 0.15) is 11.5 Å². The lowest BCUT2D eigenvalue weighted by Crippen LogP contribution is -1.96. The van der Waals surface area contributed by atoms with E-state index in [1.807, 2.05) is 36.4 Å². The molecule has 0 radical (unpaired) electrons. The monoisotopic (exact) mass is 482 g/mol. The lowest BCUT2D eigenvalue weighted by Gasteiger charge is -2.13. The van der Waals surface area contributed by atoms with Gasteiger partial charge in [-0.2, -0.15) is 0 Å². The first-order chi connectivity index (χ1) is 17.7. The molecule has 0 amide bonds. The van der Waals surface area contributed by atoms with E-state index in [0.717, 1.165) is 48.7 Å². The number of fused-ring (bicyclic) bond motifs is 1. The van der Waals surface area contributed by atoms with Crippen LogP contribution in [-0.4, -0.2) is 21.0 Å². The van der Waals surface area contributed by atoms with Crippen molar-refractivity contribution < 1.29 is 23.7 Å². The Morgan fingerprint density at radius 3 is 1.89 bits per heavy atom. The fourth-order valence-corrected chi connectivity index (χ4v) is 4.35. The van der Waals surface area contributed by atoms with Crippen LogP contribution in [0.1, 0.15) is 22.3 Å². The van der Waals surface area contributed by atoms with Gasteiger partial charge in [0.2, 0.25) is 6.79 Å². The number of hydrogen-bond acceptors (Lipinski definition) is 5. The van der Waals surface area contributed by atoms with Crippen LogP contribution in [0.5, 0.6) is 34.5 Å². The molecule has 1 heterocycles. The van der Waals surface area contributed by atoms with Gasteiger partial charge in [0.25, 0.3) is 0 Å². The van der Waals surface area contributed by atoms with Crippen LogP contribution < -0.4 is 23.7 Å². The highest BCUT2D eigenvalue weighted by molar-refractivity contribution is 5.47. The summed E-state index contributed by atoms with van der Waals surface area (Å²) in [7, 11) is 3.36. The lowest BCUT2D eigenvalue weighted by molar-refractivity contribution is 0.174. The number of benzene rings is 4. The maximum absolute atomic E-state index is 6.30. The zero-order valence-electron chi connectivity index (χ0n) is 20.7. The summed E-state index contributed by atoms with van der Waals surface area (Å²) in [6.45, 7) is 0.292. The van der Waals surface area contributed by atoms with Gasteiger partial charge in [0, 0.05) is 0 Å². The zero-order valence-corrected chi connectivity index (χ0v) is 20.7. The highest BCUT2D eigenvalue weighted by atomic mass is 16.7. The molecular weight excluding hydrogens is 452 g/mol. The summed E-state index contributed by atoms with van der Waals surface area (Å²) in [6, 6.07) is 28.7. The molecule has 0 unspecified atom stereocenters. The van der Waals surface area contributed by atoms with Gasteiger partial charge in [-0.3, -0.25) is 0 Å². The third kappa shape index (κ3) is 5.74. The van der Waals surface area contributed by atoms with Gasteiger partial charge in [-0.15, -0.1) is 0 Å². The molecule has 0 fully saturated rings. The molecule has 5 nitrogen and oxygen atoms in total. The molecule has 0 N–H and O–H groups in total. The molecule has 5 rings (SSSR count). The topological polar surface area (TPSA) is 46.2 Å². The first kappa shape index (κ1) is 23.6. The van der Waals surface area contributed by atoms with Gasteiger partial charge in [-0.1, -0.05) is 36.4 Å². The summed E-state index contributed by atoms with van der Waals surface area (Å²) in [6.07, 6.45) is 3.61. The lowest BCUT2D eigenvalue weighted by atomic mass is 10.0. The standard InChI is InChI=1S/C31H30O5/c1-32-26-7-3-5-22(17-26)9-10-23-6-4-8-27(18-23)36-31-20-25(13-15-28(31)33-2)12-11-24-14-16-29-30(19-24)35-21-34-29/h3-8,13-20H,9-12,21H2,1-2H3. The van der Waals surface area contributed by atoms with Crippen LogP contribution in [0, 0.1) is 0 Å². The van der Waals surface area contributed by atoms with E-state index in [4.69, 9.17) is 23.7 Å². The summed E-state index contributed by atoms with van der Waals surface area (Å²) in [4.78, 5) is 0. The Morgan fingerprint density at radius 1 is 0.556 bits per heavy atom. The van der Waals surface area contributed by atoms with Crippen LogP contribution in [0.3, 0.4) is 0 Å². The Morgan fingerprint density at radius 2 is 1.17 bits per heavy atom. The normalized spacial score (nSPS) is 11.8. The molecule has 4 aromatic rings. The van der Waals surface area contributed by atoms with E-state index in [1.54, 1.807) is 14.2 Å². The quantitative estimate of drug-likeness (QED) is 0.249. The van der Waals surface area contributed by atoms with E-state index < -0.39 is 0 Å². The first-order valence-corrected chi connectivity index (χ1v) is 12.2. The largest absolute Gasteiger partial charge is 0.497 e. The minimum atomic E-state index is 0.292. The Bertz CT molecular complexity index is 1330. The van der Waals surface area contributed by atoms with Crippen molar-refractivity contribution in [1.29, 1.82) is 0 Å². The first-order valence-electron chi connectivity index (χ1n) is 12.2. The maximum atomic E-state index is 6.30. The van der Waals surface area contributed by atoms with Crippen molar-refractivity contribution in [3.05, 3.63) is 107 Å². The van der Waals surface area contributed by atoms with Crippen molar-refractivity contribution in [2.24, 2.45) is 0 Å². The van der Waals surface area contributed by atoms with Crippen molar-refractivity contribution in [1.82, 2.24) is 0 Å². The Kier molecular flexibility index (Phi) is 7.27. The van der Waals surface area contributed by atoms with Gasteiger partial charge >= 0.3 is 0 Å². The molecule has 5 heteroatoms. The predicted octanol–water partition coefficient (Wildman–Crippen LogP) is 6.80. The van der Waals surface area contributed by atoms with Crippen molar-refractivity contribution in [2.45, 2.75) is 25.7 Å². The number of aryl methyl sites for hydroxylation is 4. The smallest absolute Gasteiger partial charge is 0.231 e. The molecule has 0 aromatic heterocycles. The van der Waals surface area contributed by atoms with Crippen LogP contribution in [0.2, 0.25) is 0 Å². The van der Waals surface area contributed by atoms with E-state index >= 15 is 0 Å². The summed E-state index contributed by atoms with van der Waals surface area (Å²) in [5.74, 6) is 4.73. The molecule has 1 aliphatic rings. The van der Waals surface area contributed by atoms with Gasteiger partial charge < -0.3 is 23.7 Å². The average molecular weight is 483 g/mol. The molecule has 1 aliphatic heterocycles. The number of hydrogen-bond donors (Lipinski definition) is 0. The van der Waals surface area contributed by atoms with E-state index in [9.17, 15) is 0 Å². The Hall–Kier alpha value is -4.12. The Balaban J connectivity index is 1.25. The second kappa shape index (κ2) is 11.1. The summed E-state index contributed by atoms with van der Waals surface area (Å²) >= 11 is 0. The molecule has 0 saturated carbocycles. The molecule has 4 aromatic carbocycles. The number of methoxy groups -OCH3 is 2. The molecule has 36 heavy (non-hydrogen) atoms. The van der Waals surface area contributed by atoms with E-state index in [1.165, 1.54) is 22.3 Å².